The molecule has 92 valence electrons. The number of anilines is 1. The standard InChI is InChI=1S/C10H16N6O/c1-3-15(5-8(2)4-11)9(17)6-16-7-13-10(12)14-16/h7-8H,3,5-6H2,1-2H3,(H2,12,14). The van der Waals surface area contributed by atoms with Gasteiger partial charge in [-0.3, -0.25) is 4.79 Å². The van der Waals surface area contributed by atoms with Crippen LogP contribution in [-0.4, -0.2) is 38.7 Å². The van der Waals surface area contributed by atoms with Crippen LogP contribution in [0.4, 0.5) is 5.95 Å². The molecule has 7 heteroatoms. The molecule has 0 aliphatic carbocycles. The summed E-state index contributed by atoms with van der Waals surface area (Å²) < 4.78 is 1.39. The number of hydrogen-bond acceptors (Lipinski definition) is 5. The highest BCUT2D eigenvalue weighted by molar-refractivity contribution is 5.75. The molecule has 0 bridgehead atoms. The first-order chi connectivity index (χ1) is 8.06. The van der Waals surface area contributed by atoms with Crippen molar-refractivity contribution in [1.82, 2.24) is 19.7 Å². The van der Waals surface area contributed by atoms with E-state index >= 15 is 0 Å². The molecule has 0 saturated carbocycles. The van der Waals surface area contributed by atoms with Crippen molar-refractivity contribution in [1.29, 1.82) is 5.26 Å². The van der Waals surface area contributed by atoms with Crippen LogP contribution in [0.2, 0.25) is 0 Å². The average molecular weight is 236 g/mol. The normalized spacial score (nSPS) is 11.8. The Bertz CT molecular complexity index is 421. The highest BCUT2D eigenvalue weighted by Crippen LogP contribution is 2.01. The number of likely N-dealkylation sites (N-methyl/N-ethyl adjacent to an activating group) is 1. The van der Waals surface area contributed by atoms with Crippen LogP contribution in [0.15, 0.2) is 6.33 Å². The van der Waals surface area contributed by atoms with Crippen molar-refractivity contribution in [3.8, 4) is 6.07 Å². The first kappa shape index (κ1) is 13.0. The van der Waals surface area contributed by atoms with Gasteiger partial charge in [0.1, 0.15) is 12.9 Å². The molecule has 1 aromatic heterocycles. The lowest BCUT2D eigenvalue weighted by Crippen LogP contribution is -2.36. The molecule has 17 heavy (non-hydrogen) atoms. The summed E-state index contributed by atoms with van der Waals surface area (Å²) in [5, 5.41) is 12.6. The smallest absolute Gasteiger partial charge is 0.244 e. The fourth-order valence-electron chi connectivity index (χ4n) is 1.40. The maximum atomic E-state index is 11.9. The van der Waals surface area contributed by atoms with Gasteiger partial charge in [0.2, 0.25) is 11.9 Å². The molecule has 7 nitrogen and oxygen atoms in total. The zero-order valence-corrected chi connectivity index (χ0v) is 10.00. The third kappa shape index (κ3) is 3.75. The minimum absolute atomic E-state index is 0.0934. The Hall–Kier alpha value is -2.10. The average Bonchev–Trinajstić information content (AvgIpc) is 2.70. The van der Waals surface area contributed by atoms with Crippen LogP contribution in [-0.2, 0) is 11.3 Å². The molecule has 0 aliphatic rings. The number of nitriles is 1. The second kappa shape index (κ2) is 5.84. The van der Waals surface area contributed by atoms with Gasteiger partial charge in [0.15, 0.2) is 0 Å². The van der Waals surface area contributed by atoms with Crippen molar-refractivity contribution in [3.63, 3.8) is 0 Å². The van der Waals surface area contributed by atoms with E-state index < -0.39 is 0 Å². The van der Waals surface area contributed by atoms with Crippen LogP contribution in [0.5, 0.6) is 0 Å². The van der Waals surface area contributed by atoms with Crippen molar-refractivity contribution >= 4 is 11.9 Å². The zero-order chi connectivity index (χ0) is 12.8. The maximum absolute atomic E-state index is 11.9. The predicted octanol–water partition coefficient (Wildman–Crippen LogP) is -0.132. The molecule has 0 fully saturated rings. The molecule has 0 radical (unpaired) electrons. The summed E-state index contributed by atoms with van der Waals surface area (Å²) in [5.41, 5.74) is 5.35. The lowest BCUT2D eigenvalue weighted by molar-refractivity contribution is -0.132. The largest absolute Gasteiger partial charge is 0.367 e. The fraction of sp³-hybridized carbons (Fsp3) is 0.600. The number of nitrogen functional groups attached to an aromatic ring is 1. The van der Waals surface area contributed by atoms with E-state index in [1.165, 1.54) is 11.0 Å². The summed E-state index contributed by atoms with van der Waals surface area (Å²) in [5.74, 6) is -0.134. The van der Waals surface area contributed by atoms with Crippen molar-refractivity contribution in [2.24, 2.45) is 5.92 Å². The second-order valence-corrected chi connectivity index (χ2v) is 3.76. The Balaban J connectivity index is 2.58. The van der Waals surface area contributed by atoms with Gasteiger partial charge in [-0.25, -0.2) is 9.67 Å². The van der Waals surface area contributed by atoms with E-state index in [2.05, 4.69) is 16.2 Å². The number of nitrogens with zero attached hydrogens (tertiary/aromatic N) is 5. The van der Waals surface area contributed by atoms with Crippen LogP contribution < -0.4 is 5.73 Å². The van der Waals surface area contributed by atoms with Crippen molar-refractivity contribution < 1.29 is 4.79 Å². The van der Waals surface area contributed by atoms with E-state index in [0.29, 0.717) is 13.1 Å². The van der Waals surface area contributed by atoms with Gasteiger partial charge in [-0.2, -0.15) is 5.26 Å². The van der Waals surface area contributed by atoms with E-state index in [0.717, 1.165) is 0 Å². The minimum atomic E-state index is -0.181. The Morgan fingerprint density at radius 3 is 2.94 bits per heavy atom. The van der Waals surface area contributed by atoms with Crippen molar-refractivity contribution in [3.05, 3.63) is 6.33 Å². The third-order valence-electron chi connectivity index (χ3n) is 2.30. The first-order valence-corrected chi connectivity index (χ1v) is 5.39. The first-order valence-electron chi connectivity index (χ1n) is 5.39. The lowest BCUT2D eigenvalue weighted by atomic mass is 10.2. The summed E-state index contributed by atoms with van der Waals surface area (Å²) in [7, 11) is 0. The molecule has 1 atom stereocenters. The predicted molar refractivity (Wildman–Crippen MR) is 61.5 cm³/mol. The van der Waals surface area contributed by atoms with Crippen LogP contribution >= 0.6 is 0 Å². The number of aromatic nitrogens is 3. The number of hydrogen-bond donors (Lipinski definition) is 1. The van der Waals surface area contributed by atoms with Gasteiger partial charge in [-0.15, -0.1) is 5.10 Å². The minimum Gasteiger partial charge on any atom is -0.367 e. The molecule has 1 aromatic rings. The topological polar surface area (TPSA) is 101 Å². The summed E-state index contributed by atoms with van der Waals surface area (Å²) >= 11 is 0. The molecule has 0 aromatic carbocycles. The fourth-order valence-corrected chi connectivity index (χ4v) is 1.40. The van der Waals surface area contributed by atoms with E-state index in [4.69, 9.17) is 11.0 Å². The van der Waals surface area contributed by atoms with Crippen LogP contribution in [0.3, 0.4) is 0 Å². The summed E-state index contributed by atoms with van der Waals surface area (Å²) in [6.07, 6.45) is 1.41. The lowest BCUT2D eigenvalue weighted by Gasteiger charge is -2.21. The van der Waals surface area contributed by atoms with Crippen LogP contribution in [0.1, 0.15) is 13.8 Å². The SMILES string of the molecule is CCN(CC(C)C#N)C(=O)Cn1cnc(N)n1. The number of rotatable bonds is 5. The van der Waals surface area contributed by atoms with Gasteiger partial charge in [-0.05, 0) is 13.8 Å². The van der Waals surface area contributed by atoms with Gasteiger partial charge in [0.05, 0.1) is 12.0 Å². The molecular formula is C10H16N6O. The monoisotopic (exact) mass is 236 g/mol. The molecule has 0 aliphatic heterocycles. The molecular weight excluding hydrogens is 220 g/mol. The van der Waals surface area contributed by atoms with Gasteiger partial charge in [0.25, 0.3) is 0 Å². The van der Waals surface area contributed by atoms with Crippen molar-refractivity contribution in [2.75, 3.05) is 18.8 Å². The third-order valence-corrected chi connectivity index (χ3v) is 2.30. The molecule has 0 spiro atoms. The van der Waals surface area contributed by atoms with Crippen LogP contribution in [0.25, 0.3) is 0 Å². The van der Waals surface area contributed by atoms with Gasteiger partial charge in [-0.1, -0.05) is 0 Å². The highest BCUT2D eigenvalue weighted by atomic mass is 16.2. The molecule has 1 heterocycles. The van der Waals surface area contributed by atoms with Crippen molar-refractivity contribution in [2.45, 2.75) is 20.4 Å². The Labute approximate surface area is 99.8 Å². The quantitative estimate of drug-likeness (QED) is 0.767. The Kier molecular flexibility index (Phi) is 4.46. The number of amides is 1. The summed E-state index contributed by atoms with van der Waals surface area (Å²) in [6, 6.07) is 2.10. The van der Waals surface area contributed by atoms with Crippen LogP contribution in [0, 0.1) is 17.2 Å². The molecule has 1 amide bonds. The summed E-state index contributed by atoms with van der Waals surface area (Å²) in [4.78, 5) is 17.2. The molecule has 2 N–H and O–H groups in total. The Morgan fingerprint density at radius 1 is 1.76 bits per heavy atom. The van der Waals surface area contributed by atoms with E-state index in [-0.39, 0.29) is 24.3 Å². The van der Waals surface area contributed by atoms with E-state index in [1.54, 1.807) is 11.8 Å². The molecule has 0 saturated heterocycles. The van der Waals surface area contributed by atoms with Gasteiger partial charge >= 0.3 is 0 Å². The number of carbonyl (C=O) groups excluding carboxylic acids is 1. The van der Waals surface area contributed by atoms with Gasteiger partial charge in [0, 0.05) is 13.1 Å². The van der Waals surface area contributed by atoms with E-state index in [1.807, 2.05) is 6.92 Å². The molecule has 1 rings (SSSR count). The number of nitrogens with two attached hydrogens (primary N) is 1. The number of carbonyl (C=O) groups is 1. The second-order valence-electron chi connectivity index (χ2n) is 3.76. The van der Waals surface area contributed by atoms with Gasteiger partial charge < -0.3 is 10.6 Å². The summed E-state index contributed by atoms with van der Waals surface area (Å²) in [6.45, 7) is 4.74. The Morgan fingerprint density at radius 2 is 2.47 bits per heavy atom. The highest BCUT2D eigenvalue weighted by Gasteiger charge is 2.15. The zero-order valence-electron chi connectivity index (χ0n) is 10.00. The molecule has 1 unspecified atom stereocenters. The maximum Gasteiger partial charge on any atom is 0.244 e. The van der Waals surface area contributed by atoms with E-state index in [9.17, 15) is 4.79 Å².